The van der Waals surface area contributed by atoms with Crippen molar-refractivity contribution in [3.8, 4) is 17.2 Å². The third-order valence-electron chi connectivity index (χ3n) is 6.09. The van der Waals surface area contributed by atoms with Gasteiger partial charge in [-0.2, -0.15) is 0 Å². The Morgan fingerprint density at radius 3 is 2.38 bits per heavy atom. The van der Waals surface area contributed by atoms with E-state index in [9.17, 15) is 14.7 Å². The summed E-state index contributed by atoms with van der Waals surface area (Å²) >= 11 is 0. The molecule has 5 nitrogen and oxygen atoms in total. The number of allylic oxidation sites excluding steroid dienone is 6. The Hall–Kier alpha value is -3.08. The largest absolute Gasteiger partial charge is 0.502 e. The van der Waals surface area contributed by atoms with Crippen LogP contribution in [-0.4, -0.2) is 30.9 Å². The molecule has 0 heterocycles. The molecular weight excluding hydrogens is 368 g/mol. The molecular formula is C24H26O5. The van der Waals surface area contributed by atoms with Gasteiger partial charge in [-0.3, -0.25) is 9.59 Å². The summed E-state index contributed by atoms with van der Waals surface area (Å²) in [6.07, 6.45) is 9.52. The highest BCUT2D eigenvalue weighted by molar-refractivity contribution is 6.13. The van der Waals surface area contributed by atoms with E-state index in [1.54, 1.807) is 25.1 Å². The zero-order valence-electron chi connectivity index (χ0n) is 17.2. The van der Waals surface area contributed by atoms with Crippen molar-refractivity contribution >= 4 is 17.6 Å². The Morgan fingerprint density at radius 1 is 1.21 bits per heavy atom. The fraction of sp³-hybridized carbons (Fsp3) is 0.333. The van der Waals surface area contributed by atoms with Crippen molar-refractivity contribution in [3.05, 3.63) is 59.7 Å². The molecule has 0 bridgehead atoms. The molecule has 2 aliphatic rings. The summed E-state index contributed by atoms with van der Waals surface area (Å²) in [5.74, 6) is -0.193. The van der Waals surface area contributed by atoms with Gasteiger partial charge in [0.1, 0.15) is 0 Å². The number of methoxy groups -OCH3 is 2. The van der Waals surface area contributed by atoms with E-state index in [0.717, 1.165) is 11.1 Å². The van der Waals surface area contributed by atoms with E-state index in [1.807, 2.05) is 25.2 Å². The first-order valence-corrected chi connectivity index (χ1v) is 9.50. The number of phenols is 1. The smallest absolute Gasteiger partial charge is 0.200 e. The Kier molecular flexibility index (Phi) is 5.51. The minimum absolute atomic E-state index is 0.00432. The van der Waals surface area contributed by atoms with Gasteiger partial charge in [0, 0.05) is 11.8 Å². The summed E-state index contributed by atoms with van der Waals surface area (Å²) in [6, 6.07) is 3.38. The van der Waals surface area contributed by atoms with Crippen LogP contribution in [0, 0.1) is 17.3 Å². The molecule has 2 aliphatic carbocycles. The van der Waals surface area contributed by atoms with E-state index in [-0.39, 0.29) is 29.2 Å². The van der Waals surface area contributed by atoms with E-state index in [4.69, 9.17) is 9.47 Å². The van der Waals surface area contributed by atoms with Crippen molar-refractivity contribution < 1.29 is 24.2 Å². The first-order valence-electron chi connectivity index (χ1n) is 9.50. The lowest BCUT2D eigenvalue weighted by molar-refractivity contribution is -0.138. The van der Waals surface area contributed by atoms with Gasteiger partial charge in [-0.25, -0.2) is 0 Å². The lowest BCUT2D eigenvalue weighted by Crippen LogP contribution is -2.50. The van der Waals surface area contributed by atoms with Crippen molar-refractivity contribution in [1.82, 2.24) is 0 Å². The molecule has 0 radical (unpaired) electrons. The third kappa shape index (κ3) is 3.31. The Morgan fingerprint density at radius 2 is 1.83 bits per heavy atom. The topological polar surface area (TPSA) is 72.8 Å². The van der Waals surface area contributed by atoms with Crippen LogP contribution in [0.1, 0.15) is 25.8 Å². The summed E-state index contributed by atoms with van der Waals surface area (Å²) in [7, 11) is 2.93. The second kappa shape index (κ2) is 7.74. The standard InChI is InChI=1S/C24H26O5/c1-6-16-8-10-18-19(25)11-14(2)23(27)24(18,3)17(16)9-7-15-12-20(28-4)22(26)21(13-15)29-5/h6-9,11-13,17-18,26H,1,10H2,2-5H3/t17-,18-,24-/m0/s1. The van der Waals surface area contributed by atoms with Crippen molar-refractivity contribution in [2.24, 2.45) is 17.3 Å². The lowest BCUT2D eigenvalue weighted by Gasteiger charge is -2.46. The minimum atomic E-state index is -0.865. The zero-order valence-corrected chi connectivity index (χ0v) is 17.2. The van der Waals surface area contributed by atoms with Gasteiger partial charge in [0.05, 0.1) is 19.6 Å². The molecule has 152 valence electrons. The van der Waals surface area contributed by atoms with Crippen LogP contribution in [0.2, 0.25) is 0 Å². The Labute approximate surface area is 171 Å². The highest BCUT2D eigenvalue weighted by Gasteiger charge is 2.53. The van der Waals surface area contributed by atoms with Crippen molar-refractivity contribution in [2.45, 2.75) is 20.3 Å². The normalized spacial score (nSPS) is 26.6. The number of ketones is 2. The first-order chi connectivity index (χ1) is 13.8. The van der Waals surface area contributed by atoms with Crippen LogP contribution in [0.5, 0.6) is 17.2 Å². The summed E-state index contributed by atoms with van der Waals surface area (Å²) in [6.45, 7) is 7.47. The second-order valence-corrected chi connectivity index (χ2v) is 7.65. The summed E-state index contributed by atoms with van der Waals surface area (Å²) < 4.78 is 10.4. The van der Waals surface area contributed by atoms with Crippen LogP contribution < -0.4 is 9.47 Å². The van der Waals surface area contributed by atoms with Gasteiger partial charge in [0.2, 0.25) is 5.75 Å². The molecule has 29 heavy (non-hydrogen) atoms. The first kappa shape index (κ1) is 20.6. The number of hydrogen-bond donors (Lipinski definition) is 1. The summed E-state index contributed by atoms with van der Waals surface area (Å²) in [5.41, 5.74) is 1.29. The van der Waals surface area contributed by atoms with E-state index in [0.29, 0.717) is 23.5 Å². The average molecular weight is 394 g/mol. The Bertz CT molecular complexity index is 940. The number of ether oxygens (including phenoxy) is 2. The molecule has 0 unspecified atom stereocenters. The van der Waals surface area contributed by atoms with Crippen LogP contribution >= 0.6 is 0 Å². The molecule has 1 aromatic carbocycles. The van der Waals surface area contributed by atoms with Gasteiger partial charge >= 0.3 is 0 Å². The molecule has 0 fully saturated rings. The number of benzene rings is 1. The highest BCUT2D eigenvalue weighted by atomic mass is 16.5. The molecule has 1 N–H and O–H groups in total. The Balaban J connectivity index is 2.08. The zero-order chi connectivity index (χ0) is 21.3. The van der Waals surface area contributed by atoms with Crippen LogP contribution in [0.25, 0.3) is 6.08 Å². The number of fused-ring (bicyclic) bond motifs is 1. The van der Waals surface area contributed by atoms with Gasteiger partial charge in [-0.15, -0.1) is 0 Å². The van der Waals surface area contributed by atoms with E-state index in [2.05, 4.69) is 6.58 Å². The van der Waals surface area contributed by atoms with Gasteiger partial charge in [-0.05, 0) is 48.3 Å². The number of carbonyl (C=O) groups is 2. The van der Waals surface area contributed by atoms with Crippen molar-refractivity contribution in [2.75, 3.05) is 14.2 Å². The monoisotopic (exact) mass is 394 g/mol. The summed E-state index contributed by atoms with van der Waals surface area (Å²) in [5, 5.41) is 10.1. The van der Waals surface area contributed by atoms with E-state index < -0.39 is 5.41 Å². The van der Waals surface area contributed by atoms with Crippen LogP contribution in [-0.2, 0) is 9.59 Å². The number of hydrogen-bond acceptors (Lipinski definition) is 5. The van der Waals surface area contributed by atoms with Crippen LogP contribution in [0.4, 0.5) is 0 Å². The van der Waals surface area contributed by atoms with Gasteiger partial charge < -0.3 is 14.6 Å². The maximum atomic E-state index is 13.2. The molecule has 0 saturated carbocycles. The summed E-state index contributed by atoms with van der Waals surface area (Å²) in [4.78, 5) is 25.8. The fourth-order valence-electron chi connectivity index (χ4n) is 4.44. The van der Waals surface area contributed by atoms with Gasteiger partial charge in [0.15, 0.2) is 23.1 Å². The molecule has 3 atom stereocenters. The molecule has 0 amide bonds. The quantitative estimate of drug-likeness (QED) is 0.807. The molecule has 3 rings (SSSR count). The lowest BCUT2D eigenvalue weighted by atomic mass is 9.55. The third-order valence-corrected chi connectivity index (χ3v) is 6.09. The SMILES string of the molecule is C=CC1=CC[C@H]2C(=O)C=C(C)C(=O)[C@@]2(C)[C@H]1C=Cc1cc(OC)c(O)c(OC)c1. The maximum absolute atomic E-state index is 13.2. The predicted octanol–water partition coefficient (Wildman–Crippen LogP) is 4.28. The van der Waals surface area contributed by atoms with Gasteiger partial charge in [0.25, 0.3) is 0 Å². The van der Waals surface area contributed by atoms with Gasteiger partial charge in [-0.1, -0.05) is 37.8 Å². The average Bonchev–Trinajstić information content (AvgIpc) is 2.71. The molecule has 5 heteroatoms. The molecule has 0 spiro atoms. The van der Waals surface area contributed by atoms with Crippen molar-refractivity contribution in [1.29, 1.82) is 0 Å². The van der Waals surface area contributed by atoms with Crippen LogP contribution in [0.15, 0.2) is 54.2 Å². The highest BCUT2D eigenvalue weighted by Crippen LogP contribution is 2.51. The van der Waals surface area contributed by atoms with E-state index >= 15 is 0 Å². The van der Waals surface area contributed by atoms with E-state index in [1.165, 1.54) is 20.3 Å². The number of Topliss-reactive ketones (excluding diaryl/α,β-unsaturated/α-hetero) is 1. The molecule has 0 aromatic heterocycles. The minimum Gasteiger partial charge on any atom is -0.502 e. The predicted molar refractivity (Wildman–Crippen MR) is 112 cm³/mol. The number of rotatable bonds is 5. The molecule has 0 saturated heterocycles. The number of carbonyl (C=O) groups excluding carboxylic acids is 2. The molecule has 1 aromatic rings. The van der Waals surface area contributed by atoms with Crippen LogP contribution in [0.3, 0.4) is 0 Å². The maximum Gasteiger partial charge on any atom is 0.200 e. The van der Waals surface area contributed by atoms with Crippen molar-refractivity contribution in [3.63, 3.8) is 0 Å². The second-order valence-electron chi connectivity index (χ2n) is 7.65. The molecule has 0 aliphatic heterocycles. The number of phenolic OH excluding ortho intramolecular Hbond substituents is 1. The number of aromatic hydroxyl groups is 1. The fourth-order valence-corrected chi connectivity index (χ4v) is 4.44.